The molecule has 2 amide bonds. The third-order valence-corrected chi connectivity index (χ3v) is 3.73. The van der Waals surface area contributed by atoms with E-state index >= 15 is 0 Å². The molecule has 0 bridgehead atoms. The van der Waals surface area contributed by atoms with Crippen LogP contribution in [0.25, 0.3) is 0 Å². The Morgan fingerprint density at radius 2 is 1.95 bits per heavy atom. The molecular formula is C16H14N2O3S. The second kappa shape index (κ2) is 5.73. The van der Waals surface area contributed by atoms with Crippen molar-refractivity contribution in [3.63, 3.8) is 0 Å². The number of rotatable bonds is 2. The van der Waals surface area contributed by atoms with Crippen LogP contribution in [-0.4, -0.2) is 25.5 Å². The van der Waals surface area contributed by atoms with Crippen LogP contribution < -0.4 is 15.0 Å². The second-order valence-corrected chi connectivity index (χ2v) is 5.44. The maximum atomic E-state index is 12.3. The zero-order valence-corrected chi connectivity index (χ0v) is 12.8. The molecule has 0 atom stereocenters. The van der Waals surface area contributed by atoms with E-state index in [1.165, 1.54) is 4.90 Å². The summed E-state index contributed by atoms with van der Waals surface area (Å²) in [6.07, 6.45) is 0. The van der Waals surface area contributed by atoms with Crippen molar-refractivity contribution in [2.75, 3.05) is 23.9 Å². The molecule has 1 N–H and O–H groups in total. The zero-order chi connectivity index (χ0) is 15.7. The molecule has 1 heterocycles. The van der Waals surface area contributed by atoms with E-state index in [1.54, 1.807) is 49.5 Å². The summed E-state index contributed by atoms with van der Waals surface area (Å²) in [5.41, 5.74) is 1.73. The van der Waals surface area contributed by atoms with Gasteiger partial charge in [-0.25, -0.2) is 0 Å². The van der Waals surface area contributed by atoms with Crippen LogP contribution in [0.2, 0.25) is 0 Å². The van der Waals surface area contributed by atoms with E-state index in [4.69, 9.17) is 4.74 Å². The van der Waals surface area contributed by atoms with E-state index in [9.17, 15) is 9.59 Å². The predicted molar refractivity (Wildman–Crippen MR) is 87.0 cm³/mol. The van der Waals surface area contributed by atoms with E-state index in [0.717, 1.165) is 4.90 Å². The van der Waals surface area contributed by atoms with Gasteiger partial charge in [0.05, 0.1) is 5.69 Å². The monoisotopic (exact) mass is 314 g/mol. The molecule has 3 rings (SSSR count). The van der Waals surface area contributed by atoms with Gasteiger partial charge in [-0.05, 0) is 42.5 Å². The molecule has 0 saturated carbocycles. The number of benzene rings is 2. The average Bonchev–Trinajstić information content (AvgIpc) is 2.53. The standard InChI is InChI=1S/C16H14N2O3S/c1-18-13-8-10(2-7-14(13)21-9-15(18)19)16(20)17-11-3-5-12(22)6-4-11/h2-8,22H,9H2,1H3,(H,17,20). The fraction of sp³-hybridized carbons (Fsp3) is 0.125. The molecule has 0 spiro atoms. The van der Waals surface area contributed by atoms with Crippen molar-refractivity contribution in [3.05, 3.63) is 48.0 Å². The van der Waals surface area contributed by atoms with Gasteiger partial charge in [-0.15, -0.1) is 12.6 Å². The fourth-order valence-corrected chi connectivity index (χ4v) is 2.31. The van der Waals surface area contributed by atoms with Gasteiger partial charge in [0.2, 0.25) is 0 Å². The highest BCUT2D eigenvalue weighted by Crippen LogP contribution is 2.32. The number of hydrogen-bond donors (Lipinski definition) is 2. The highest BCUT2D eigenvalue weighted by molar-refractivity contribution is 7.80. The summed E-state index contributed by atoms with van der Waals surface area (Å²) in [6, 6.07) is 12.2. The van der Waals surface area contributed by atoms with E-state index in [1.807, 2.05) is 0 Å². The van der Waals surface area contributed by atoms with Gasteiger partial charge >= 0.3 is 0 Å². The molecule has 2 aromatic carbocycles. The lowest BCUT2D eigenvalue weighted by Crippen LogP contribution is -2.35. The molecular weight excluding hydrogens is 300 g/mol. The SMILES string of the molecule is CN1C(=O)COc2ccc(C(=O)Nc3ccc(S)cc3)cc21. The Kier molecular flexibility index (Phi) is 3.77. The Morgan fingerprint density at radius 3 is 2.68 bits per heavy atom. The lowest BCUT2D eigenvalue weighted by molar-refractivity contribution is -0.120. The first kappa shape index (κ1) is 14.5. The number of amides is 2. The van der Waals surface area contributed by atoms with Crippen molar-refractivity contribution in [3.8, 4) is 5.75 Å². The third-order valence-electron chi connectivity index (χ3n) is 3.43. The summed E-state index contributed by atoms with van der Waals surface area (Å²) < 4.78 is 5.34. The number of nitrogens with one attached hydrogen (secondary N) is 1. The summed E-state index contributed by atoms with van der Waals surface area (Å²) in [4.78, 5) is 26.3. The molecule has 2 aromatic rings. The molecule has 0 aliphatic carbocycles. The Balaban J connectivity index is 1.84. The minimum atomic E-state index is -0.249. The number of carbonyl (C=O) groups excluding carboxylic acids is 2. The van der Waals surface area contributed by atoms with Gasteiger partial charge < -0.3 is 15.0 Å². The number of fused-ring (bicyclic) bond motifs is 1. The van der Waals surface area contributed by atoms with Crippen LogP contribution in [0.15, 0.2) is 47.4 Å². The zero-order valence-electron chi connectivity index (χ0n) is 11.9. The van der Waals surface area contributed by atoms with Crippen molar-refractivity contribution in [2.24, 2.45) is 0 Å². The van der Waals surface area contributed by atoms with E-state index in [2.05, 4.69) is 17.9 Å². The first-order chi connectivity index (χ1) is 10.5. The van der Waals surface area contributed by atoms with Gasteiger partial charge in [0.25, 0.3) is 11.8 Å². The smallest absolute Gasteiger partial charge is 0.264 e. The summed E-state index contributed by atoms with van der Waals surface area (Å²) in [7, 11) is 1.66. The van der Waals surface area contributed by atoms with Crippen molar-refractivity contribution in [1.82, 2.24) is 0 Å². The maximum Gasteiger partial charge on any atom is 0.264 e. The van der Waals surface area contributed by atoms with Crippen LogP contribution in [-0.2, 0) is 4.79 Å². The van der Waals surface area contributed by atoms with Crippen molar-refractivity contribution in [2.45, 2.75) is 4.90 Å². The number of hydrogen-bond acceptors (Lipinski definition) is 4. The minimum absolute atomic E-state index is 0.0190. The average molecular weight is 314 g/mol. The molecule has 1 aliphatic rings. The molecule has 0 unspecified atom stereocenters. The number of carbonyl (C=O) groups is 2. The topological polar surface area (TPSA) is 58.6 Å². The lowest BCUT2D eigenvalue weighted by atomic mass is 10.1. The number of anilines is 2. The largest absolute Gasteiger partial charge is 0.482 e. The number of ether oxygens (including phenoxy) is 1. The van der Waals surface area contributed by atoms with Crippen molar-refractivity contribution < 1.29 is 14.3 Å². The van der Waals surface area contributed by atoms with Crippen LogP contribution >= 0.6 is 12.6 Å². The molecule has 0 fully saturated rings. The fourth-order valence-electron chi connectivity index (χ4n) is 2.16. The number of thiol groups is 1. The van der Waals surface area contributed by atoms with E-state index in [0.29, 0.717) is 22.7 Å². The highest BCUT2D eigenvalue weighted by atomic mass is 32.1. The van der Waals surface area contributed by atoms with Crippen LogP contribution in [0.5, 0.6) is 5.75 Å². The summed E-state index contributed by atoms with van der Waals surface area (Å²) in [6.45, 7) is 0.0190. The Morgan fingerprint density at radius 1 is 1.23 bits per heavy atom. The predicted octanol–water partition coefficient (Wildman–Crippen LogP) is 2.58. The van der Waals surface area contributed by atoms with Crippen LogP contribution in [0.1, 0.15) is 10.4 Å². The maximum absolute atomic E-state index is 12.3. The second-order valence-electron chi connectivity index (χ2n) is 4.92. The molecule has 0 radical (unpaired) electrons. The normalized spacial score (nSPS) is 13.4. The van der Waals surface area contributed by atoms with Crippen LogP contribution in [0, 0.1) is 0 Å². The first-order valence-corrected chi connectivity index (χ1v) is 7.13. The minimum Gasteiger partial charge on any atom is -0.482 e. The quantitative estimate of drug-likeness (QED) is 0.838. The summed E-state index contributed by atoms with van der Waals surface area (Å²) in [5.74, 6) is 0.202. The molecule has 22 heavy (non-hydrogen) atoms. The molecule has 0 aromatic heterocycles. The summed E-state index contributed by atoms with van der Waals surface area (Å²) in [5, 5.41) is 2.80. The van der Waals surface area contributed by atoms with Gasteiger partial charge in [0, 0.05) is 23.2 Å². The van der Waals surface area contributed by atoms with Gasteiger partial charge in [0.1, 0.15) is 5.75 Å². The number of nitrogens with zero attached hydrogens (tertiary/aromatic N) is 1. The van der Waals surface area contributed by atoms with Crippen molar-refractivity contribution in [1.29, 1.82) is 0 Å². The summed E-state index contributed by atoms with van der Waals surface area (Å²) >= 11 is 4.20. The Bertz CT molecular complexity index is 744. The van der Waals surface area contributed by atoms with Gasteiger partial charge in [-0.2, -0.15) is 0 Å². The highest BCUT2D eigenvalue weighted by Gasteiger charge is 2.23. The van der Waals surface area contributed by atoms with E-state index in [-0.39, 0.29) is 18.4 Å². The van der Waals surface area contributed by atoms with E-state index < -0.39 is 0 Å². The molecule has 1 aliphatic heterocycles. The molecule has 112 valence electrons. The lowest BCUT2D eigenvalue weighted by Gasteiger charge is -2.26. The molecule has 5 nitrogen and oxygen atoms in total. The third kappa shape index (κ3) is 2.78. The number of likely N-dealkylation sites (N-methyl/N-ethyl adjacent to an activating group) is 1. The van der Waals surface area contributed by atoms with Gasteiger partial charge in [-0.1, -0.05) is 0 Å². The van der Waals surface area contributed by atoms with Crippen LogP contribution in [0.4, 0.5) is 11.4 Å². The van der Waals surface area contributed by atoms with Gasteiger partial charge in [-0.3, -0.25) is 9.59 Å². The van der Waals surface area contributed by atoms with Gasteiger partial charge in [0.15, 0.2) is 6.61 Å². The van der Waals surface area contributed by atoms with Crippen molar-refractivity contribution >= 4 is 35.8 Å². The van der Waals surface area contributed by atoms with Crippen LogP contribution in [0.3, 0.4) is 0 Å². The Labute approximate surface area is 133 Å². The molecule has 6 heteroatoms. The Hall–Kier alpha value is -2.47. The molecule has 0 saturated heterocycles. The first-order valence-electron chi connectivity index (χ1n) is 6.68.